The quantitative estimate of drug-likeness (QED) is 0.131. The SMILES string of the molecule is CC(C)C1C(=O)NC(CCCCC(=N)N)C(=O)NCC(=O)NC(C)C(O)NC(Cc2ccccc2)C(=O)N1C. The van der Waals surface area contributed by atoms with Gasteiger partial charge in [-0.25, -0.2) is 0 Å². The van der Waals surface area contributed by atoms with Crippen molar-refractivity contribution < 1.29 is 24.3 Å². The molecule has 1 heterocycles. The molecule has 0 aromatic heterocycles. The van der Waals surface area contributed by atoms with Crippen LogP contribution in [0.1, 0.15) is 52.0 Å². The molecule has 4 amide bonds. The zero-order chi connectivity index (χ0) is 29.1. The average molecular weight is 546 g/mol. The molecule has 1 aromatic rings. The average Bonchev–Trinajstić information content (AvgIpc) is 2.87. The second-order valence-electron chi connectivity index (χ2n) is 10.4. The van der Waals surface area contributed by atoms with Crippen LogP contribution in [0.2, 0.25) is 0 Å². The topological polar surface area (TPSA) is 190 Å². The van der Waals surface area contributed by atoms with Crippen molar-refractivity contribution in [2.75, 3.05) is 13.6 Å². The Hall–Kier alpha value is -3.51. The Morgan fingerprint density at radius 1 is 1.08 bits per heavy atom. The van der Waals surface area contributed by atoms with Crippen LogP contribution in [0, 0.1) is 11.3 Å². The van der Waals surface area contributed by atoms with Gasteiger partial charge in [0.05, 0.1) is 24.5 Å². The summed E-state index contributed by atoms with van der Waals surface area (Å²) in [6, 6.07) is 5.76. The molecule has 39 heavy (non-hydrogen) atoms. The second kappa shape index (κ2) is 15.2. The minimum absolute atomic E-state index is 0.0391. The van der Waals surface area contributed by atoms with E-state index in [1.54, 1.807) is 6.92 Å². The van der Waals surface area contributed by atoms with Crippen LogP contribution in [0.3, 0.4) is 0 Å². The fourth-order valence-electron chi connectivity index (χ4n) is 4.59. The van der Waals surface area contributed by atoms with Gasteiger partial charge in [-0.2, -0.15) is 0 Å². The molecule has 5 atom stereocenters. The van der Waals surface area contributed by atoms with Crippen LogP contribution in [-0.2, 0) is 25.6 Å². The second-order valence-corrected chi connectivity index (χ2v) is 10.4. The first-order valence-electron chi connectivity index (χ1n) is 13.4. The number of amides is 4. The molecule has 0 saturated carbocycles. The smallest absolute Gasteiger partial charge is 0.243 e. The summed E-state index contributed by atoms with van der Waals surface area (Å²) in [6.45, 7) is 4.85. The number of hydrogen-bond acceptors (Lipinski definition) is 7. The summed E-state index contributed by atoms with van der Waals surface area (Å²) in [6.07, 6.45) is 0.671. The van der Waals surface area contributed by atoms with Gasteiger partial charge in [0.1, 0.15) is 18.3 Å². The van der Waals surface area contributed by atoms with Crippen molar-refractivity contribution in [3.05, 3.63) is 35.9 Å². The molecule has 1 aliphatic heterocycles. The maximum atomic E-state index is 13.8. The molecule has 1 aromatic carbocycles. The van der Waals surface area contributed by atoms with Gasteiger partial charge in [0.15, 0.2) is 0 Å². The molecule has 1 fully saturated rings. The number of nitrogens with two attached hydrogens (primary N) is 1. The predicted octanol–water partition coefficient (Wildman–Crippen LogP) is -0.396. The Bertz CT molecular complexity index is 1000. The van der Waals surface area contributed by atoms with Crippen LogP contribution in [0.15, 0.2) is 30.3 Å². The standard InChI is InChI=1S/C27H43N7O5/c1-16(2)23-26(38)32-19(12-8-9-13-21(28)29)25(37)30-15-22(35)31-17(3)24(36)33-20(27(39)34(23)4)14-18-10-6-5-7-11-18/h5-7,10-11,16-17,19-20,23-24,33,36H,8-9,12-15H2,1-4H3,(H3,28,29)(H,30,37)(H,31,35)(H,32,38). The molecule has 12 heteroatoms. The van der Waals surface area contributed by atoms with E-state index in [0.29, 0.717) is 19.3 Å². The predicted molar refractivity (Wildman–Crippen MR) is 147 cm³/mol. The van der Waals surface area contributed by atoms with Gasteiger partial charge in [0.25, 0.3) is 0 Å². The highest BCUT2D eigenvalue weighted by Crippen LogP contribution is 2.15. The van der Waals surface area contributed by atoms with Crippen molar-refractivity contribution in [3.8, 4) is 0 Å². The Morgan fingerprint density at radius 2 is 1.74 bits per heavy atom. The van der Waals surface area contributed by atoms with Crippen molar-refractivity contribution in [1.29, 1.82) is 5.41 Å². The molecule has 0 aliphatic carbocycles. The third-order valence-corrected chi connectivity index (χ3v) is 6.73. The van der Waals surface area contributed by atoms with Crippen LogP contribution < -0.4 is 27.0 Å². The van der Waals surface area contributed by atoms with Crippen molar-refractivity contribution in [2.24, 2.45) is 11.7 Å². The van der Waals surface area contributed by atoms with E-state index in [-0.39, 0.29) is 31.1 Å². The Morgan fingerprint density at radius 3 is 2.36 bits per heavy atom. The lowest BCUT2D eigenvalue weighted by molar-refractivity contribution is -0.143. The summed E-state index contributed by atoms with van der Waals surface area (Å²) >= 11 is 0. The van der Waals surface area contributed by atoms with Crippen LogP contribution in [-0.4, -0.2) is 83.5 Å². The number of likely N-dealkylation sites (N-methyl/N-ethyl adjacent to an activating group) is 1. The third kappa shape index (κ3) is 9.95. The number of carbonyl (C=O) groups excluding carboxylic acids is 4. The van der Waals surface area contributed by atoms with E-state index in [1.165, 1.54) is 11.9 Å². The number of amidine groups is 1. The summed E-state index contributed by atoms with van der Waals surface area (Å²) < 4.78 is 0. The zero-order valence-electron chi connectivity index (χ0n) is 23.2. The highest BCUT2D eigenvalue weighted by atomic mass is 16.3. The van der Waals surface area contributed by atoms with Crippen LogP contribution in [0.5, 0.6) is 0 Å². The summed E-state index contributed by atoms with van der Waals surface area (Å²) in [7, 11) is 1.53. The summed E-state index contributed by atoms with van der Waals surface area (Å²) in [4.78, 5) is 54.1. The molecule has 8 N–H and O–H groups in total. The van der Waals surface area contributed by atoms with Gasteiger partial charge in [-0.1, -0.05) is 50.6 Å². The maximum Gasteiger partial charge on any atom is 0.243 e. The van der Waals surface area contributed by atoms with Gasteiger partial charge >= 0.3 is 0 Å². The number of nitrogens with one attached hydrogen (secondary N) is 5. The highest BCUT2D eigenvalue weighted by Gasteiger charge is 2.36. The molecule has 12 nitrogen and oxygen atoms in total. The molecule has 0 bridgehead atoms. The zero-order valence-corrected chi connectivity index (χ0v) is 23.2. The number of aliphatic hydroxyl groups excluding tert-OH is 1. The normalized spacial score (nSPS) is 25.8. The van der Waals surface area contributed by atoms with E-state index in [2.05, 4.69) is 21.3 Å². The molecule has 0 radical (unpaired) electrons. The fraction of sp³-hybridized carbons (Fsp3) is 0.593. The van der Waals surface area contributed by atoms with Crippen molar-refractivity contribution in [3.63, 3.8) is 0 Å². The lowest BCUT2D eigenvalue weighted by atomic mass is 9.98. The molecular weight excluding hydrogens is 502 g/mol. The largest absolute Gasteiger partial charge is 0.388 e. The minimum Gasteiger partial charge on any atom is -0.388 e. The van der Waals surface area contributed by atoms with E-state index in [4.69, 9.17) is 11.1 Å². The summed E-state index contributed by atoms with van der Waals surface area (Å²) in [5.74, 6) is -2.24. The lowest BCUT2D eigenvalue weighted by Crippen LogP contribution is -2.60. The van der Waals surface area contributed by atoms with Crippen LogP contribution in [0.4, 0.5) is 0 Å². The number of benzene rings is 1. The fourth-order valence-corrected chi connectivity index (χ4v) is 4.59. The number of aliphatic hydroxyl groups is 1. The van der Waals surface area contributed by atoms with Gasteiger partial charge < -0.3 is 31.7 Å². The van der Waals surface area contributed by atoms with Crippen LogP contribution >= 0.6 is 0 Å². The van der Waals surface area contributed by atoms with E-state index in [1.807, 2.05) is 44.2 Å². The first-order valence-corrected chi connectivity index (χ1v) is 13.4. The van der Waals surface area contributed by atoms with E-state index >= 15 is 0 Å². The number of unbranched alkanes of at least 4 members (excludes halogenated alkanes) is 1. The molecule has 1 saturated heterocycles. The van der Waals surface area contributed by atoms with Gasteiger partial charge in [-0.05, 0) is 37.7 Å². The van der Waals surface area contributed by atoms with E-state index in [0.717, 1.165) is 5.56 Å². The minimum atomic E-state index is -1.28. The molecule has 5 unspecified atom stereocenters. The number of nitrogens with zero attached hydrogens (tertiary/aromatic N) is 1. The first-order chi connectivity index (χ1) is 18.4. The Labute approximate surface area is 230 Å². The summed E-state index contributed by atoms with van der Waals surface area (Å²) in [5, 5.41) is 29.1. The van der Waals surface area contributed by atoms with Crippen LogP contribution in [0.25, 0.3) is 0 Å². The van der Waals surface area contributed by atoms with Crippen molar-refractivity contribution >= 4 is 29.5 Å². The monoisotopic (exact) mass is 545 g/mol. The number of carbonyl (C=O) groups is 4. The molecule has 2 rings (SSSR count). The summed E-state index contributed by atoms with van der Waals surface area (Å²) in [5.41, 5.74) is 6.27. The molecule has 1 aliphatic rings. The van der Waals surface area contributed by atoms with Gasteiger partial charge in [0.2, 0.25) is 23.6 Å². The van der Waals surface area contributed by atoms with E-state index < -0.39 is 54.0 Å². The maximum absolute atomic E-state index is 13.8. The van der Waals surface area contributed by atoms with Gasteiger partial charge in [-0.15, -0.1) is 0 Å². The van der Waals surface area contributed by atoms with Crippen molar-refractivity contribution in [2.45, 2.75) is 83.3 Å². The van der Waals surface area contributed by atoms with Crippen molar-refractivity contribution in [1.82, 2.24) is 26.2 Å². The highest BCUT2D eigenvalue weighted by molar-refractivity contribution is 5.94. The number of rotatable bonds is 8. The first kappa shape index (κ1) is 31.7. The molecule has 216 valence electrons. The lowest BCUT2D eigenvalue weighted by Gasteiger charge is -2.35. The Balaban J connectivity index is 2.39. The van der Waals surface area contributed by atoms with Gasteiger partial charge in [-0.3, -0.25) is 29.9 Å². The Kier molecular flexibility index (Phi) is 12.3. The van der Waals surface area contributed by atoms with Gasteiger partial charge in [0, 0.05) is 13.5 Å². The van der Waals surface area contributed by atoms with E-state index in [9.17, 15) is 24.3 Å². The molecular formula is C27H43N7O5. The number of hydrogen-bond donors (Lipinski definition) is 7. The third-order valence-electron chi connectivity index (χ3n) is 6.73. The molecule has 0 spiro atoms.